The van der Waals surface area contributed by atoms with Crippen molar-refractivity contribution in [1.29, 1.82) is 0 Å². The van der Waals surface area contributed by atoms with Crippen molar-refractivity contribution in [2.24, 2.45) is 0 Å². The maximum Gasteiger partial charge on any atom is 0.435 e. The second kappa shape index (κ2) is 4.50. The third-order valence-electron chi connectivity index (χ3n) is 2.79. The molecule has 0 atom stereocenters. The predicted octanol–water partition coefficient (Wildman–Crippen LogP) is 3.31. The smallest absolute Gasteiger partial charge is 0.435 e. The van der Waals surface area contributed by atoms with E-state index in [0.29, 0.717) is 6.07 Å². The van der Waals surface area contributed by atoms with E-state index < -0.39 is 41.8 Å². The highest BCUT2D eigenvalue weighted by Gasteiger charge is 2.73. The number of alkyl halides is 7. The first-order chi connectivity index (χ1) is 9.47. The Morgan fingerprint density at radius 3 is 2.10 bits per heavy atom. The number of nitrogens with one attached hydrogen (secondary N) is 1. The summed E-state index contributed by atoms with van der Waals surface area (Å²) in [4.78, 5) is 11.0. The van der Waals surface area contributed by atoms with E-state index in [1.165, 1.54) is 0 Å². The first kappa shape index (κ1) is 15.4. The molecule has 1 aliphatic rings. The lowest BCUT2D eigenvalue weighted by Crippen LogP contribution is -2.50. The number of hydrogen-bond donors (Lipinski definition) is 1. The summed E-state index contributed by atoms with van der Waals surface area (Å²) >= 11 is 0. The molecular weight excluding hydrogens is 311 g/mol. The molecule has 1 aromatic rings. The van der Waals surface area contributed by atoms with Crippen molar-refractivity contribution in [3.05, 3.63) is 23.8 Å². The van der Waals surface area contributed by atoms with Gasteiger partial charge in [0.1, 0.15) is 5.75 Å². The number of carbonyl (C=O) groups excluding carboxylic acids is 1. The zero-order chi connectivity index (χ0) is 16.1. The van der Waals surface area contributed by atoms with Crippen LogP contribution in [0.4, 0.5) is 36.4 Å². The lowest BCUT2D eigenvalue weighted by Gasteiger charge is -2.31. The number of carbonyl (C=O) groups is 1. The minimum absolute atomic E-state index is 0.148. The number of ether oxygens (including phenoxy) is 1. The van der Waals surface area contributed by atoms with Crippen LogP contribution in [0.2, 0.25) is 0 Å². The Balaban J connectivity index is 2.58. The van der Waals surface area contributed by atoms with E-state index in [0.717, 1.165) is 6.07 Å². The highest BCUT2D eigenvalue weighted by Crippen LogP contribution is 2.54. The fraction of sp³-hybridized carbons (Fsp3) is 0.364. The summed E-state index contributed by atoms with van der Waals surface area (Å²) in [5.41, 5.74) is -7.69. The number of benzene rings is 1. The average molecular weight is 317 g/mol. The van der Waals surface area contributed by atoms with Gasteiger partial charge in [-0.1, -0.05) is 6.07 Å². The second-order valence-corrected chi connectivity index (χ2v) is 4.20. The van der Waals surface area contributed by atoms with Gasteiger partial charge in [-0.15, -0.1) is 0 Å². The summed E-state index contributed by atoms with van der Waals surface area (Å²) in [6.45, 7) is -0.439. The summed E-state index contributed by atoms with van der Waals surface area (Å²) < 4.78 is 94.1. The van der Waals surface area contributed by atoms with Crippen molar-refractivity contribution >= 4 is 11.6 Å². The van der Waals surface area contributed by atoms with Crippen LogP contribution >= 0.6 is 0 Å². The number of fused-ring (bicyclic) bond motifs is 1. The molecule has 1 heterocycles. The minimum atomic E-state index is -6.21. The SMILES string of the molecule is O=C1COc2ccc(C(F)(C(F)(F)F)C(F)(F)F)cc2N1. The Labute approximate surface area is 112 Å². The van der Waals surface area contributed by atoms with Crippen LogP contribution in [-0.4, -0.2) is 24.9 Å². The van der Waals surface area contributed by atoms with E-state index in [1.807, 2.05) is 5.32 Å². The number of rotatable bonds is 1. The monoisotopic (exact) mass is 317 g/mol. The van der Waals surface area contributed by atoms with Gasteiger partial charge in [-0.3, -0.25) is 4.79 Å². The van der Waals surface area contributed by atoms with Gasteiger partial charge >= 0.3 is 18.0 Å². The Hall–Kier alpha value is -2.00. The van der Waals surface area contributed by atoms with Crippen LogP contribution in [0, 0.1) is 0 Å². The van der Waals surface area contributed by atoms with Gasteiger partial charge in [0.25, 0.3) is 5.91 Å². The van der Waals surface area contributed by atoms with Gasteiger partial charge in [0.2, 0.25) is 0 Å². The molecule has 10 heteroatoms. The first-order valence-electron chi connectivity index (χ1n) is 5.36. The molecule has 116 valence electrons. The Morgan fingerprint density at radius 2 is 1.57 bits per heavy atom. The van der Waals surface area contributed by atoms with Crippen molar-refractivity contribution in [3.63, 3.8) is 0 Å². The Kier molecular flexibility index (Phi) is 3.30. The quantitative estimate of drug-likeness (QED) is 0.807. The molecule has 1 amide bonds. The molecular formula is C11H6F7NO2. The number of halogens is 7. The van der Waals surface area contributed by atoms with Crippen LogP contribution < -0.4 is 10.1 Å². The highest BCUT2D eigenvalue weighted by molar-refractivity contribution is 5.95. The standard InChI is InChI=1S/C11H6F7NO2/c12-9(10(13,14)15,11(16,17)18)5-1-2-7-6(3-5)19-8(20)4-21-7/h1-3H,4H2,(H,19,20). The molecule has 1 N–H and O–H groups in total. The van der Waals surface area contributed by atoms with Crippen LogP contribution in [0.25, 0.3) is 0 Å². The van der Waals surface area contributed by atoms with Gasteiger partial charge in [0.15, 0.2) is 6.61 Å². The number of amides is 1. The van der Waals surface area contributed by atoms with E-state index in [-0.39, 0.29) is 11.8 Å². The molecule has 0 radical (unpaired) electrons. The first-order valence-corrected chi connectivity index (χ1v) is 5.36. The second-order valence-electron chi connectivity index (χ2n) is 4.20. The van der Waals surface area contributed by atoms with Crippen molar-refractivity contribution in [2.75, 3.05) is 11.9 Å². The lowest BCUT2D eigenvalue weighted by molar-refractivity contribution is -0.348. The van der Waals surface area contributed by atoms with Crippen molar-refractivity contribution < 1.29 is 40.3 Å². The maximum absolute atomic E-state index is 13.8. The topological polar surface area (TPSA) is 38.3 Å². The molecule has 0 bridgehead atoms. The summed E-state index contributed by atoms with van der Waals surface area (Å²) in [6, 6.07) is 1.31. The summed E-state index contributed by atoms with van der Waals surface area (Å²) in [5.74, 6) is -0.923. The summed E-state index contributed by atoms with van der Waals surface area (Å²) in [6.07, 6.45) is -12.4. The molecule has 0 fully saturated rings. The fourth-order valence-electron chi connectivity index (χ4n) is 1.79. The molecule has 1 aliphatic heterocycles. The van der Waals surface area contributed by atoms with Crippen molar-refractivity contribution in [2.45, 2.75) is 18.0 Å². The number of anilines is 1. The number of hydrogen-bond acceptors (Lipinski definition) is 2. The fourth-order valence-corrected chi connectivity index (χ4v) is 1.79. The summed E-state index contributed by atoms with van der Waals surface area (Å²) in [7, 11) is 0. The molecule has 0 saturated carbocycles. The Bertz CT molecular complexity index is 565. The zero-order valence-electron chi connectivity index (χ0n) is 9.90. The van der Waals surface area contributed by atoms with Gasteiger partial charge < -0.3 is 10.1 Å². The largest absolute Gasteiger partial charge is 0.482 e. The van der Waals surface area contributed by atoms with Crippen LogP contribution in [0.3, 0.4) is 0 Å². The van der Waals surface area contributed by atoms with E-state index in [9.17, 15) is 35.5 Å². The molecule has 3 nitrogen and oxygen atoms in total. The zero-order valence-corrected chi connectivity index (χ0v) is 9.90. The maximum atomic E-state index is 13.8. The van der Waals surface area contributed by atoms with E-state index in [2.05, 4.69) is 0 Å². The third kappa shape index (κ3) is 2.38. The van der Waals surface area contributed by atoms with Crippen LogP contribution in [0.15, 0.2) is 18.2 Å². The molecule has 1 aromatic carbocycles. The predicted molar refractivity (Wildman–Crippen MR) is 55.5 cm³/mol. The molecule has 0 aromatic heterocycles. The van der Waals surface area contributed by atoms with Crippen molar-refractivity contribution in [3.8, 4) is 5.75 Å². The van der Waals surface area contributed by atoms with Gasteiger partial charge in [-0.05, 0) is 12.1 Å². The molecule has 21 heavy (non-hydrogen) atoms. The van der Waals surface area contributed by atoms with E-state index in [4.69, 9.17) is 4.74 Å². The highest BCUT2D eigenvalue weighted by atomic mass is 19.4. The molecule has 2 rings (SSSR count). The van der Waals surface area contributed by atoms with Gasteiger partial charge in [0.05, 0.1) is 5.69 Å². The average Bonchev–Trinajstić information content (AvgIpc) is 2.34. The van der Waals surface area contributed by atoms with Crippen molar-refractivity contribution in [1.82, 2.24) is 0 Å². The molecule has 0 unspecified atom stereocenters. The molecule has 0 spiro atoms. The van der Waals surface area contributed by atoms with E-state index >= 15 is 0 Å². The van der Waals surface area contributed by atoms with Crippen LogP contribution in [0.1, 0.15) is 5.56 Å². The van der Waals surface area contributed by atoms with Gasteiger partial charge in [0, 0.05) is 5.56 Å². The third-order valence-corrected chi connectivity index (χ3v) is 2.79. The van der Waals surface area contributed by atoms with Crippen LogP contribution in [-0.2, 0) is 10.5 Å². The molecule has 0 saturated heterocycles. The van der Waals surface area contributed by atoms with Crippen LogP contribution in [0.5, 0.6) is 5.75 Å². The summed E-state index contributed by atoms with van der Waals surface area (Å²) in [5, 5.41) is 2.01. The normalized spacial score (nSPS) is 16.0. The molecule has 0 aliphatic carbocycles. The Morgan fingerprint density at radius 1 is 1.00 bits per heavy atom. The van der Waals surface area contributed by atoms with E-state index in [1.54, 1.807) is 0 Å². The van der Waals surface area contributed by atoms with Gasteiger partial charge in [-0.2, -0.15) is 26.3 Å². The van der Waals surface area contributed by atoms with Gasteiger partial charge in [-0.25, -0.2) is 4.39 Å². The minimum Gasteiger partial charge on any atom is -0.482 e. The lowest BCUT2D eigenvalue weighted by atomic mass is 9.93.